The first-order valence-electron chi connectivity index (χ1n) is 8.20. The Labute approximate surface area is 132 Å². The largest absolute Gasteiger partial charge is 0.305 e. The summed E-state index contributed by atoms with van der Waals surface area (Å²) >= 11 is 6.24. The van der Waals surface area contributed by atoms with E-state index in [1.165, 1.54) is 38.0 Å². The van der Waals surface area contributed by atoms with Crippen LogP contribution >= 0.6 is 11.6 Å². The fourth-order valence-corrected chi connectivity index (χ4v) is 6.27. The number of likely N-dealkylation sites (N-methyl/N-ethyl adjacent to an activating group) is 1. The third-order valence-electron chi connectivity index (χ3n) is 6.89. The van der Waals surface area contributed by atoms with Gasteiger partial charge in [-0.1, -0.05) is 23.7 Å². The van der Waals surface area contributed by atoms with Crippen molar-refractivity contribution >= 4 is 11.6 Å². The van der Waals surface area contributed by atoms with Gasteiger partial charge in [0.2, 0.25) is 0 Å². The molecular formula is C18H23ClN2. The molecule has 2 nitrogen and oxygen atoms in total. The number of rotatable bonds is 2. The normalized spacial score (nSPS) is 48.2. The van der Waals surface area contributed by atoms with Gasteiger partial charge < -0.3 is 9.80 Å². The summed E-state index contributed by atoms with van der Waals surface area (Å²) in [5.74, 6) is 1.82. The zero-order valence-corrected chi connectivity index (χ0v) is 13.6. The second-order valence-corrected chi connectivity index (χ2v) is 8.60. The van der Waals surface area contributed by atoms with Crippen molar-refractivity contribution in [2.75, 3.05) is 33.7 Å². The number of likely N-dealkylation sites (tertiary alicyclic amines) is 2. The first kappa shape index (κ1) is 12.9. The lowest BCUT2D eigenvalue weighted by molar-refractivity contribution is 0.163. The van der Waals surface area contributed by atoms with E-state index < -0.39 is 0 Å². The lowest BCUT2D eigenvalue weighted by Gasteiger charge is -2.31. The highest BCUT2D eigenvalue weighted by atomic mass is 35.5. The Bertz CT molecular complexity index is 617. The molecule has 0 N–H and O–H groups in total. The molecule has 112 valence electrons. The van der Waals surface area contributed by atoms with Gasteiger partial charge in [0.25, 0.3) is 0 Å². The molecule has 4 aliphatic rings. The van der Waals surface area contributed by atoms with Gasteiger partial charge in [0, 0.05) is 41.5 Å². The highest BCUT2D eigenvalue weighted by Crippen LogP contribution is 2.72. The van der Waals surface area contributed by atoms with Crippen LogP contribution in [-0.4, -0.2) is 49.6 Å². The van der Waals surface area contributed by atoms with E-state index in [1.807, 2.05) is 6.07 Å². The molecule has 2 saturated heterocycles. The van der Waals surface area contributed by atoms with Crippen molar-refractivity contribution < 1.29 is 0 Å². The Balaban J connectivity index is 1.48. The highest BCUT2D eigenvalue weighted by molar-refractivity contribution is 6.30. The number of halogens is 1. The second-order valence-electron chi connectivity index (χ2n) is 8.17. The Hall–Kier alpha value is -0.570. The maximum absolute atomic E-state index is 6.24. The van der Waals surface area contributed by atoms with Crippen LogP contribution in [0.25, 0.3) is 0 Å². The topological polar surface area (TPSA) is 6.48 Å². The minimum absolute atomic E-state index is 0.410. The van der Waals surface area contributed by atoms with Gasteiger partial charge in [-0.2, -0.15) is 0 Å². The third kappa shape index (κ3) is 1.56. The van der Waals surface area contributed by atoms with Crippen molar-refractivity contribution in [2.24, 2.45) is 17.3 Å². The summed E-state index contributed by atoms with van der Waals surface area (Å²) in [6.07, 6.45) is 2.84. The summed E-state index contributed by atoms with van der Waals surface area (Å²) in [7, 11) is 4.64. The molecule has 0 radical (unpaired) electrons. The molecular weight excluding hydrogens is 280 g/mol. The average molecular weight is 303 g/mol. The number of benzene rings is 1. The molecule has 2 saturated carbocycles. The van der Waals surface area contributed by atoms with E-state index in [0.717, 1.165) is 22.9 Å². The molecule has 0 bridgehead atoms. The molecule has 21 heavy (non-hydrogen) atoms. The molecule has 5 atom stereocenters. The van der Waals surface area contributed by atoms with Gasteiger partial charge in [-0.15, -0.1) is 0 Å². The van der Waals surface area contributed by atoms with Gasteiger partial charge in [0.1, 0.15) is 0 Å². The van der Waals surface area contributed by atoms with Gasteiger partial charge in [-0.05, 0) is 56.5 Å². The molecule has 0 spiro atoms. The van der Waals surface area contributed by atoms with Crippen LogP contribution in [0.1, 0.15) is 18.4 Å². The van der Waals surface area contributed by atoms with Gasteiger partial charge in [0.05, 0.1) is 0 Å². The van der Waals surface area contributed by atoms with E-state index in [9.17, 15) is 0 Å². The maximum atomic E-state index is 6.24. The molecule has 5 rings (SSSR count). The van der Waals surface area contributed by atoms with E-state index in [2.05, 4.69) is 42.1 Å². The Morgan fingerprint density at radius 2 is 2.05 bits per heavy atom. The number of hydrogen-bond donors (Lipinski definition) is 0. The molecule has 2 heterocycles. The molecule has 2 aliphatic heterocycles. The van der Waals surface area contributed by atoms with Crippen LogP contribution in [0.15, 0.2) is 24.3 Å². The van der Waals surface area contributed by atoms with Crippen molar-refractivity contribution in [2.45, 2.75) is 24.3 Å². The minimum Gasteiger partial charge on any atom is -0.305 e. The molecule has 0 aromatic heterocycles. The second kappa shape index (κ2) is 3.84. The van der Waals surface area contributed by atoms with Crippen LogP contribution in [-0.2, 0) is 5.41 Å². The zero-order chi connectivity index (χ0) is 14.4. The number of nitrogens with zero attached hydrogens (tertiary/aromatic N) is 2. The van der Waals surface area contributed by atoms with Crippen LogP contribution in [0.4, 0.5) is 0 Å². The molecule has 1 aromatic carbocycles. The predicted molar refractivity (Wildman–Crippen MR) is 85.7 cm³/mol. The number of hydrogen-bond acceptors (Lipinski definition) is 2. The van der Waals surface area contributed by atoms with Crippen LogP contribution in [0.3, 0.4) is 0 Å². The summed E-state index contributed by atoms with van der Waals surface area (Å²) in [5, 5.41) is 0.890. The molecule has 0 amide bonds. The Morgan fingerprint density at radius 3 is 2.76 bits per heavy atom. The first-order chi connectivity index (χ1) is 10.1. The molecule has 4 fully saturated rings. The van der Waals surface area contributed by atoms with Crippen molar-refractivity contribution in [1.29, 1.82) is 0 Å². The summed E-state index contributed by atoms with van der Waals surface area (Å²) in [5.41, 5.74) is 2.51. The maximum Gasteiger partial charge on any atom is 0.0408 e. The van der Waals surface area contributed by atoms with Crippen molar-refractivity contribution in [3.63, 3.8) is 0 Å². The fourth-order valence-electron chi connectivity index (χ4n) is 6.08. The first-order valence-corrected chi connectivity index (χ1v) is 8.58. The standard InChI is InChI=1S/C18H23ClN2/c1-20-9-13-7-18(13,10-20)16-15-8-17(15,11-21(16)2)12-4-3-5-14(19)6-12/h3-6,13,15-16H,7-11H2,1-2H3. The summed E-state index contributed by atoms with van der Waals surface area (Å²) in [6.45, 7) is 3.86. The molecule has 1 aromatic rings. The van der Waals surface area contributed by atoms with Crippen molar-refractivity contribution in [3.05, 3.63) is 34.9 Å². The van der Waals surface area contributed by atoms with Crippen molar-refractivity contribution in [1.82, 2.24) is 9.80 Å². The van der Waals surface area contributed by atoms with Crippen LogP contribution < -0.4 is 0 Å². The third-order valence-corrected chi connectivity index (χ3v) is 7.12. The number of fused-ring (bicyclic) bond motifs is 2. The van der Waals surface area contributed by atoms with Crippen LogP contribution in [0.2, 0.25) is 5.02 Å². The molecule has 2 aliphatic carbocycles. The monoisotopic (exact) mass is 302 g/mol. The van der Waals surface area contributed by atoms with Gasteiger partial charge in [-0.25, -0.2) is 0 Å². The predicted octanol–water partition coefficient (Wildman–Crippen LogP) is 2.86. The zero-order valence-electron chi connectivity index (χ0n) is 12.8. The highest BCUT2D eigenvalue weighted by Gasteiger charge is 2.75. The van der Waals surface area contributed by atoms with Gasteiger partial charge in [0.15, 0.2) is 0 Å². The van der Waals surface area contributed by atoms with Crippen LogP contribution in [0.5, 0.6) is 0 Å². The van der Waals surface area contributed by atoms with Gasteiger partial charge >= 0.3 is 0 Å². The van der Waals surface area contributed by atoms with Crippen molar-refractivity contribution in [3.8, 4) is 0 Å². The molecule has 3 heteroatoms. The Morgan fingerprint density at radius 1 is 1.19 bits per heavy atom. The van der Waals surface area contributed by atoms with E-state index >= 15 is 0 Å². The van der Waals surface area contributed by atoms with E-state index in [1.54, 1.807) is 0 Å². The summed E-state index contributed by atoms with van der Waals surface area (Å²) in [6, 6.07) is 9.42. The summed E-state index contributed by atoms with van der Waals surface area (Å²) in [4.78, 5) is 5.22. The minimum atomic E-state index is 0.410. The quantitative estimate of drug-likeness (QED) is 0.829. The Kier molecular flexibility index (Phi) is 2.37. The van der Waals surface area contributed by atoms with Crippen LogP contribution in [0, 0.1) is 17.3 Å². The SMILES string of the molecule is CN1CC2CC2(C2C3CC3(c3cccc(Cl)c3)CN2C)C1. The fraction of sp³-hybridized carbons (Fsp3) is 0.667. The smallest absolute Gasteiger partial charge is 0.0408 e. The van der Waals surface area contributed by atoms with E-state index in [0.29, 0.717) is 10.8 Å². The summed E-state index contributed by atoms with van der Waals surface area (Å²) < 4.78 is 0. The van der Waals surface area contributed by atoms with E-state index in [-0.39, 0.29) is 0 Å². The average Bonchev–Trinajstić information content (AvgIpc) is 3.23. The molecule has 5 unspecified atom stereocenters. The number of piperidine rings is 2. The lowest BCUT2D eigenvalue weighted by Crippen LogP contribution is -2.40. The van der Waals surface area contributed by atoms with E-state index in [4.69, 9.17) is 11.6 Å². The lowest BCUT2D eigenvalue weighted by atomic mass is 9.88. The van der Waals surface area contributed by atoms with Gasteiger partial charge in [-0.3, -0.25) is 0 Å².